The maximum Gasteiger partial charge on any atom is 0.282 e. The molecule has 1 saturated heterocycles. The summed E-state index contributed by atoms with van der Waals surface area (Å²) in [7, 11) is 0. The van der Waals surface area contributed by atoms with Gasteiger partial charge in [0.1, 0.15) is 11.5 Å². The van der Waals surface area contributed by atoms with Crippen LogP contribution in [0, 0.1) is 12.7 Å². The van der Waals surface area contributed by atoms with E-state index >= 15 is 0 Å². The van der Waals surface area contributed by atoms with Crippen LogP contribution in [0.2, 0.25) is 0 Å². The van der Waals surface area contributed by atoms with Gasteiger partial charge >= 0.3 is 0 Å². The van der Waals surface area contributed by atoms with E-state index < -0.39 is 17.6 Å². The van der Waals surface area contributed by atoms with Gasteiger partial charge < -0.3 is 10.2 Å². The quantitative estimate of drug-likeness (QED) is 0.558. The van der Waals surface area contributed by atoms with Crippen LogP contribution in [-0.4, -0.2) is 24.9 Å². The number of hydrogen-bond acceptors (Lipinski definition) is 4. The number of rotatable bonds is 5. The van der Waals surface area contributed by atoms with E-state index in [-0.39, 0.29) is 5.70 Å². The maximum absolute atomic E-state index is 13.4. The summed E-state index contributed by atoms with van der Waals surface area (Å²) in [6.45, 7) is 4.07. The summed E-state index contributed by atoms with van der Waals surface area (Å²) in [5.41, 5.74) is 4.41. The Balaban J connectivity index is 1.51. The zero-order valence-corrected chi connectivity index (χ0v) is 18.3. The van der Waals surface area contributed by atoms with Crippen molar-refractivity contribution in [3.8, 4) is 0 Å². The molecule has 3 aromatic rings. The van der Waals surface area contributed by atoms with E-state index in [2.05, 4.69) is 10.2 Å². The van der Waals surface area contributed by atoms with Gasteiger partial charge in [0, 0.05) is 24.5 Å². The molecule has 33 heavy (non-hydrogen) atoms. The maximum atomic E-state index is 13.4. The van der Waals surface area contributed by atoms with E-state index in [9.17, 15) is 14.0 Å². The molecule has 2 amide bonds. The molecule has 166 valence electrons. The van der Waals surface area contributed by atoms with Gasteiger partial charge in [-0.25, -0.2) is 9.29 Å². The van der Waals surface area contributed by atoms with Crippen molar-refractivity contribution in [2.24, 2.45) is 0 Å². The third-order valence-corrected chi connectivity index (χ3v) is 6.12. The number of hydrogen-bond donors (Lipinski definition) is 1. The first kappa shape index (κ1) is 20.9. The van der Waals surface area contributed by atoms with Crippen LogP contribution in [0.3, 0.4) is 0 Å². The van der Waals surface area contributed by atoms with Crippen molar-refractivity contribution < 1.29 is 14.0 Å². The zero-order valence-electron chi connectivity index (χ0n) is 18.3. The second kappa shape index (κ2) is 8.54. The molecule has 0 saturated carbocycles. The predicted octanol–water partition coefficient (Wildman–Crippen LogP) is 5.13. The van der Waals surface area contributed by atoms with Crippen molar-refractivity contribution in [3.63, 3.8) is 0 Å². The van der Waals surface area contributed by atoms with Gasteiger partial charge in [-0.1, -0.05) is 29.8 Å². The number of anilines is 3. The van der Waals surface area contributed by atoms with Gasteiger partial charge in [-0.2, -0.15) is 0 Å². The smallest absolute Gasteiger partial charge is 0.282 e. The van der Waals surface area contributed by atoms with Crippen molar-refractivity contribution in [2.45, 2.75) is 19.8 Å². The zero-order chi connectivity index (χ0) is 22.9. The molecule has 5 nitrogen and oxygen atoms in total. The summed E-state index contributed by atoms with van der Waals surface area (Å²) >= 11 is 0. The first-order valence-electron chi connectivity index (χ1n) is 11.1. The van der Waals surface area contributed by atoms with E-state index in [1.165, 1.54) is 37.1 Å². The minimum absolute atomic E-state index is 0.210. The SMILES string of the molecule is Cc1ccc(C2=C(Nc3ccc(N4CCCC4)cc3)C(=O)N(c3ccc(F)cc3)C2=O)cc1. The number of amides is 2. The molecule has 0 bridgehead atoms. The fourth-order valence-electron chi connectivity index (χ4n) is 4.33. The first-order chi connectivity index (χ1) is 16.0. The predicted molar refractivity (Wildman–Crippen MR) is 129 cm³/mol. The molecule has 0 aromatic heterocycles. The largest absolute Gasteiger partial charge is 0.372 e. The molecular weight excluding hydrogens is 417 g/mol. The molecular formula is C27H24FN3O2. The first-order valence-corrected chi connectivity index (χ1v) is 11.1. The number of imide groups is 1. The molecule has 5 rings (SSSR count). The van der Waals surface area contributed by atoms with Crippen molar-refractivity contribution in [1.29, 1.82) is 0 Å². The van der Waals surface area contributed by atoms with E-state index in [4.69, 9.17) is 0 Å². The number of halogens is 1. The van der Waals surface area contributed by atoms with Crippen LogP contribution < -0.4 is 15.1 Å². The van der Waals surface area contributed by atoms with Crippen LogP contribution in [0.15, 0.2) is 78.5 Å². The average Bonchev–Trinajstić information content (AvgIpc) is 3.44. The van der Waals surface area contributed by atoms with Crippen LogP contribution in [0.4, 0.5) is 21.5 Å². The number of carbonyl (C=O) groups is 2. The van der Waals surface area contributed by atoms with Crippen LogP contribution in [0.5, 0.6) is 0 Å². The molecule has 2 aliphatic rings. The number of aryl methyl sites for hydroxylation is 1. The summed E-state index contributed by atoms with van der Waals surface area (Å²) in [5.74, 6) is -1.33. The number of nitrogens with one attached hydrogen (secondary N) is 1. The summed E-state index contributed by atoms with van der Waals surface area (Å²) < 4.78 is 13.4. The van der Waals surface area contributed by atoms with E-state index in [0.717, 1.165) is 34.9 Å². The number of carbonyl (C=O) groups excluding carboxylic acids is 2. The van der Waals surface area contributed by atoms with E-state index in [1.54, 1.807) is 0 Å². The summed E-state index contributed by atoms with van der Waals surface area (Å²) in [6.07, 6.45) is 2.39. The lowest BCUT2D eigenvalue weighted by atomic mass is 10.0. The molecule has 1 fully saturated rings. The van der Waals surface area contributed by atoms with Gasteiger partial charge in [0.05, 0.1) is 11.3 Å². The molecule has 6 heteroatoms. The van der Waals surface area contributed by atoms with Gasteiger partial charge in [-0.05, 0) is 73.9 Å². The molecule has 0 aliphatic carbocycles. The Hall–Kier alpha value is -3.93. The van der Waals surface area contributed by atoms with Crippen molar-refractivity contribution in [1.82, 2.24) is 0 Å². The topological polar surface area (TPSA) is 52.7 Å². The molecule has 3 aromatic carbocycles. The fraction of sp³-hybridized carbons (Fsp3) is 0.185. The van der Waals surface area contributed by atoms with Crippen molar-refractivity contribution in [2.75, 3.05) is 28.2 Å². The van der Waals surface area contributed by atoms with Crippen LogP contribution in [-0.2, 0) is 9.59 Å². The van der Waals surface area contributed by atoms with Crippen molar-refractivity contribution in [3.05, 3.63) is 95.4 Å². The number of benzene rings is 3. The third kappa shape index (κ3) is 4.00. The molecule has 2 aliphatic heterocycles. The summed E-state index contributed by atoms with van der Waals surface area (Å²) in [4.78, 5) is 30.3. The highest BCUT2D eigenvalue weighted by Crippen LogP contribution is 2.34. The van der Waals surface area contributed by atoms with Crippen LogP contribution in [0.1, 0.15) is 24.0 Å². The molecule has 2 heterocycles. The molecule has 0 unspecified atom stereocenters. The Morgan fingerprint density at radius 2 is 1.36 bits per heavy atom. The highest BCUT2D eigenvalue weighted by Gasteiger charge is 2.40. The number of nitrogens with zero attached hydrogens (tertiary/aromatic N) is 2. The molecule has 0 radical (unpaired) electrons. The van der Waals surface area contributed by atoms with Gasteiger partial charge in [0.2, 0.25) is 0 Å². The Bertz CT molecular complexity index is 1230. The molecule has 1 N–H and O–H groups in total. The minimum atomic E-state index is -0.467. The Morgan fingerprint density at radius 1 is 0.758 bits per heavy atom. The molecule has 0 spiro atoms. The van der Waals surface area contributed by atoms with Crippen LogP contribution in [0.25, 0.3) is 5.57 Å². The lowest BCUT2D eigenvalue weighted by molar-refractivity contribution is -0.120. The summed E-state index contributed by atoms with van der Waals surface area (Å²) in [6, 6.07) is 20.7. The van der Waals surface area contributed by atoms with Gasteiger partial charge in [0.25, 0.3) is 11.8 Å². The second-order valence-corrected chi connectivity index (χ2v) is 8.40. The van der Waals surface area contributed by atoms with Gasteiger partial charge in [-0.15, -0.1) is 0 Å². The normalized spacial score (nSPS) is 16.2. The standard InChI is InChI=1S/C27H24FN3O2/c1-18-4-6-19(7-5-18)24-25(27(33)31(26(24)32)23-12-8-20(28)9-13-23)29-21-10-14-22(15-11-21)30-16-2-3-17-30/h4-15,29H,2-3,16-17H2,1H3. The Kier molecular flexibility index (Phi) is 5.42. The minimum Gasteiger partial charge on any atom is -0.372 e. The van der Waals surface area contributed by atoms with Gasteiger partial charge in [-0.3, -0.25) is 9.59 Å². The van der Waals surface area contributed by atoms with E-state index in [0.29, 0.717) is 16.8 Å². The third-order valence-electron chi connectivity index (χ3n) is 6.12. The van der Waals surface area contributed by atoms with Crippen LogP contribution >= 0.6 is 0 Å². The Labute approximate surface area is 192 Å². The van der Waals surface area contributed by atoms with Crippen molar-refractivity contribution >= 4 is 34.4 Å². The fourth-order valence-corrected chi connectivity index (χ4v) is 4.33. The Morgan fingerprint density at radius 3 is 2.00 bits per heavy atom. The average molecular weight is 442 g/mol. The van der Waals surface area contributed by atoms with Gasteiger partial charge in [0.15, 0.2) is 0 Å². The molecule has 0 atom stereocenters. The monoisotopic (exact) mass is 441 g/mol. The van der Waals surface area contributed by atoms with E-state index in [1.807, 2.05) is 55.5 Å². The lowest BCUT2D eigenvalue weighted by Gasteiger charge is -2.18. The highest BCUT2D eigenvalue weighted by molar-refractivity contribution is 6.46. The summed E-state index contributed by atoms with van der Waals surface area (Å²) in [5, 5.41) is 3.19. The lowest BCUT2D eigenvalue weighted by Crippen LogP contribution is -2.32. The second-order valence-electron chi connectivity index (χ2n) is 8.40. The highest BCUT2D eigenvalue weighted by atomic mass is 19.1.